The summed E-state index contributed by atoms with van der Waals surface area (Å²) >= 11 is 0. The zero-order chi connectivity index (χ0) is 15.8. The number of aliphatic hydroxyl groups excluding tert-OH is 1. The van der Waals surface area contributed by atoms with Crippen molar-refractivity contribution in [1.82, 2.24) is 0 Å². The van der Waals surface area contributed by atoms with Crippen molar-refractivity contribution in [2.45, 2.75) is 96.5 Å². The van der Waals surface area contributed by atoms with E-state index in [1.165, 1.54) is 25.7 Å². The Morgan fingerprint density at radius 2 is 1.57 bits per heavy atom. The second kappa shape index (κ2) is 15.6. The molecule has 124 valence electrons. The van der Waals surface area contributed by atoms with Crippen LogP contribution in [0.4, 0.5) is 0 Å². The number of hydrogen-bond acceptors (Lipinski definition) is 2. The summed E-state index contributed by atoms with van der Waals surface area (Å²) in [5.74, 6) is -0.695. The predicted molar refractivity (Wildman–Crippen MR) is 88.5 cm³/mol. The molecule has 0 spiro atoms. The lowest BCUT2D eigenvalue weighted by Gasteiger charge is -2.05. The van der Waals surface area contributed by atoms with Gasteiger partial charge >= 0.3 is 5.97 Å². The predicted octanol–water partition coefficient (Wildman–Crippen LogP) is 5.08. The minimum Gasteiger partial charge on any atom is -0.481 e. The Bertz CT molecular complexity index is 261. The Morgan fingerprint density at radius 3 is 2.24 bits per heavy atom. The lowest BCUT2D eigenvalue weighted by molar-refractivity contribution is -0.137. The van der Waals surface area contributed by atoms with E-state index in [2.05, 4.69) is 13.0 Å². The van der Waals surface area contributed by atoms with Crippen LogP contribution in [0.5, 0.6) is 0 Å². The van der Waals surface area contributed by atoms with Gasteiger partial charge in [0.15, 0.2) is 0 Å². The Hall–Kier alpha value is -0.830. The zero-order valence-corrected chi connectivity index (χ0v) is 13.7. The lowest BCUT2D eigenvalue weighted by atomic mass is 10.1. The number of allylic oxidation sites excluding steroid dienone is 1. The van der Waals surface area contributed by atoms with Crippen molar-refractivity contribution in [1.29, 1.82) is 0 Å². The third kappa shape index (κ3) is 17.1. The van der Waals surface area contributed by atoms with Crippen LogP contribution < -0.4 is 0 Å². The topological polar surface area (TPSA) is 57.5 Å². The maximum absolute atomic E-state index is 10.3. The maximum atomic E-state index is 10.3. The van der Waals surface area contributed by atoms with Gasteiger partial charge in [-0.1, -0.05) is 70.4 Å². The Kier molecular flexibility index (Phi) is 14.9. The number of aliphatic carboxylic acids is 1. The smallest absolute Gasteiger partial charge is 0.303 e. The number of carboxylic acids is 1. The van der Waals surface area contributed by atoms with Crippen LogP contribution in [0.3, 0.4) is 0 Å². The first-order chi connectivity index (χ1) is 10.2. The van der Waals surface area contributed by atoms with E-state index in [1.54, 1.807) is 0 Å². The maximum Gasteiger partial charge on any atom is 0.303 e. The van der Waals surface area contributed by atoms with E-state index in [4.69, 9.17) is 5.11 Å². The molecule has 0 amide bonds. The molecule has 0 aromatic carbocycles. The van der Waals surface area contributed by atoms with Gasteiger partial charge in [0.2, 0.25) is 0 Å². The molecule has 2 N–H and O–H groups in total. The molecule has 0 unspecified atom stereocenters. The Morgan fingerprint density at radius 1 is 0.952 bits per heavy atom. The standard InChI is InChI=1S/C18H34O3/c1-2-3-4-5-8-11-14-17(19)15-12-9-6-7-10-13-16-18(20)21/h11,14,17,19H,2-10,12-13,15-16H2,1H3,(H,20,21)/b14-11+/t17-/m1/s1. The number of unbranched alkanes of at least 4 members (excludes halogenated alkanes) is 9. The zero-order valence-electron chi connectivity index (χ0n) is 13.7. The molecule has 0 bridgehead atoms. The van der Waals surface area contributed by atoms with Gasteiger partial charge in [0.1, 0.15) is 0 Å². The number of hydrogen-bond donors (Lipinski definition) is 2. The van der Waals surface area contributed by atoms with Crippen LogP contribution in [0.25, 0.3) is 0 Å². The second-order valence-electron chi connectivity index (χ2n) is 5.90. The molecule has 0 saturated carbocycles. The van der Waals surface area contributed by atoms with Crippen LogP contribution in [0.2, 0.25) is 0 Å². The Balaban J connectivity index is 3.27. The quantitative estimate of drug-likeness (QED) is 0.327. The van der Waals surface area contributed by atoms with Crippen molar-refractivity contribution in [3.63, 3.8) is 0 Å². The van der Waals surface area contributed by atoms with Gasteiger partial charge in [0.25, 0.3) is 0 Å². The SMILES string of the molecule is CCCCCC/C=C/[C@@H](O)CCCCCCCCC(=O)O. The molecule has 0 radical (unpaired) electrons. The van der Waals surface area contributed by atoms with Crippen LogP contribution in [0.1, 0.15) is 90.4 Å². The molecule has 0 aliphatic heterocycles. The van der Waals surface area contributed by atoms with E-state index >= 15 is 0 Å². The highest BCUT2D eigenvalue weighted by Gasteiger charge is 2.00. The molecule has 0 aromatic rings. The molecule has 3 nitrogen and oxygen atoms in total. The summed E-state index contributed by atoms with van der Waals surface area (Å²) in [5.41, 5.74) is 0. The number of carboxylic acid groups (broad SMARTS) is 1. The molecule has 3 heteroatoms. The minimum atomic E-state index is -0.695. The first-order valence-corrected chi connectivity index (χ1v) is 8.73. The summed E-state index contributed by atoms with van der Waals surface area (Å²) in [6, 6.07) is 0. The van der Waals surface area contributed by atoms with E-state index in [-0.39, 0.29) is 6.10 Å². The van der Waals surface area contributed by atoms with Crippen LogP contribution in [-0.2, 0) is 4.79 Å². The molecule has 21 heavy (non-hydrogen) atoms. The van der Waals surface area contributed by atoms with Crippen molar-refractivity contribution in [3.8, 4) is 0 Å². The van der Waals surface area contributed by atoms with Crippen molar-refractivity contribution in [2.24, 2.45) is 0 Å². The average Bonchev–Trinajstić information content (AvgIpc) is 2.45. The summed E-state index contributed by atoms with van der Waals surface area (Å²) in [6.07, 6.45) is 17.3. The first-order valence-electron chi connectivity index (χ1n) is 8.73. The minimum absolute atomic E-state index is 0.289. The molecule has 0 rings (SSSR count). The van der Waals surface area contributed by atoms with E-state index in [9.17, 15) is 9.90 Å². The molecule has 0 aromatic heterocycles. The Labute approximate surface area is 130 Å². The van der Waals surface area contributed by atoms with Crippen molar-refractivity contribution >= 4 is 5.97 Å². The molecule has 0 heterocycles. The third-order valence-electron chi connectivity index (χ3n) is 3.72. The molecular formula is C18H34O3. The summed E-state index contributed by atoms with van der Waals surface area (Å²) < 4.78 is 0. The fourth-order valence-corrected chi connectivity index (χ4v) is 2.38. The fourth-order valence-electron chi connectivity index (χ4n) is 2.38. The van der Waals surface area contributed by atoms with E-state index in [0.717, 1.165) is 51.4 Å². The number of aliphatic hydroxyl groups is 1. The normalized spacial score (nSPS) is 12.9. The summed E-state index contributed by atoms with van der Waals surface area (Å²) in [6.45, 7) is 2.21. The van der Waals surface area contributed by atoms with E-state index < -0.39 is 5.97 Å². The van der Waals surface area contributed by atoms with Gasteiger partial charge in [-0.15, -0.1) is 0 Å². The highest BCUT2D eigenvalue weighted by Crippen LogP contribution is 2.11. The fraction of sp³-hybridized carbons (Fsp3) is 0.833. The van der Waals surface area contributed by atoms with Crippen LogP contribution in [0, 0.1) is 0 Å². The molecular weight excluding hydrogens is 264 g/mol. The largest absolute Gasteiger partial charge is 0.481 e. The van der Waals surface area contributed by atoms with Crippen LogP contribution in [0.15, 0.2) is 12.2 Å². The molecule has 0 aliphatic carbocycles. The number of rotatable bonds is 15. The second-order valence-corrected chi connectivity index (χ2v) is 5.90. The third-order valence-corrected chi connectivity index (χ3v) is 3.72. The van der Waals surface area contributed by atoms with Gasteiger partial charge in [0.05, 0.1) is 6.10 Å². The van der Waals surface area contributed by atoms with E-state index in [1.807, 2.05) is 6.08 Å². The molecule has 0 fully saturated rings. The highest BCUT2D eigenvalue weighted by atomic mass is 16.4. The van der Waals surface area contributed by atoms with Gasteiger partial charge < -0.3 is 10.2 Å². The molecule has 1 atom stereocenters. The average molecular weight is 298 g/mol. The van der Waals surface area contributed by atoms with Gasteiger partial charge in [-0.2, -0.15) is 0 Å². The van der Waals surface area contributed by atoms with Crippen molar-refractivity contribution in [2.75, 3.05) is 0 Å². The summed E-state index contributed by atoms with van der Waals surface area (Å²) in [5, 5.41) is 18.3. The summed E-state index contributed by atoms with van der Waals surface area (Å²) in [7, 11) is 0. The van der Waals surface area contributed by atoms with Crippen LogP contribution >= 0.6 is 0 Å². The first kappa shape index (κ1) is 20.2. The number of carbonyl (C=O) groups is 1. The van der Waals surface area contributed by atoms with E-state index in [0.29, 0.717) is 6.42 Å². The summed E-state index contributed by atoms with van der Waals surface area (Å²) in [4.78, 5) is 10.3. The monoisotopic (exact) mass is 298 g/mol. The van der Waals surface area contributed by atoms with Gasteiger partial charge in [-0.3, -0.25) is 4.79 Å². The highest BCUT2D eigenvalue weighted by molar-refractivity contribution is 5.66. The molecule has 0 aliphatic rings. The van der Waals surface area contributed by atoms with Crippen molar-refractivity contribution < 1.29 is 15.0 Å². The van der Waals surface area contributed by atoms with Gasteiger partial charge in [0, 0.05) is 6.42 Å². The van der Waals surface area contributed by atoms with Crippen molar-refractivity contribution in [3.05, 3.63) is 12.2 Å². The lowest BCUT2D eigenvalue weighted by Crippen LogP contribution is -2.01. The van der Waals surface area contributed by atoms with Gasteiger partial charge in [-0.25, -0.2) is 0 Å². The molecule has 0 saturated heterocycles. The van der Waals surface area contributed by atoms with Gasteiger partial charge in [-0.05, 0) is 25.7 Å². The van der Waals surface area contributed by atoms with Crippen LogP contribution in [-0.4, -0.2) is 22.3 Å².